The SMILES string of the molecule is C[N+](C)(CCCNS(=O)(=O)CCC(F)(F)CC(F)(F)CC(F)(C(F)(F)F)C(F)(F)F)CC(=O)O. The van der Waals surface area contributed by atoms with Crippen molar-refractivity contribution >= 4 is 16.0 Å². The molecule has 0 saturated carbocycles. The molecule has 0 unspecified atom stereocenters. The van der Waals surface area contributed by atoms with Gasteiger partial charge in [-0.25, -0.2) is 39.9 Å². The number of carbonyl (C=O) groups is 1. The van der Waals surface area contributed by atoms with Gasteiger partial charge in [0.15, 0.2) is 6.54 Å². The van der Waals surface area contributed by atoms with E-state index in [1.165, 1.54) is 14.1 Å². The summed E-state index contributed by atoms with van der Waals surface area (Å²) in [7, 11) is -1.51. The number of hydrogen-bond donors (Lipinski definition) is 2. The van der Waals surface area contributed by atoms with Crippen LogP contribution in [0.4, 0.5) is 48.3 Å². The summed E-state index contributed by atoms with van der Waals surface area (Å²) in [5.74, 6) is -12.9. The summed E-state index contributed by atoms with van der Waals surface area (Å²) in [5.41, 5.74) is -6.46. The summed E-state index contributed by atoms with van der Waals surface area (Å²) in [4.78, 5) is 10.7. The molecule has 0 radical (unpaired) electrons. The van der Waals surface area contributed by atoms with E-state index < -0.39 is 70.9 Å². The topological polar surface area (TPSA) is 83.5 Å². The van der Waals surface area contributed by atoms with Crippen molar-refractivity contribution in [2.24, 2.45) is 0 Å². The number of rotatable bonds is 14. The number of halogens is 11. The maximum absolute atomic E-state index is 13.8. The Labute approximate surface area is 187 Å². The average molecular weight is 549 g/mol. The lowest BCUT2D eigenvalue weighted by atomic mass is 9.92. The van der Waals surface area contributed by atoms with E-state index in [2.05, 4.69) is 0 Å². The molecule has 0 atom stereocenters. The highest BCUT2D eigenvalue weighted by atomic mass is 32.2. The van der Waals surface area contributed by atoms with Gasteiger partial charge in [0.25, 0.3) is 11.8 Å². The van der Waals surface area contributed by atoms with Crippen molar-refractivity contribution in [1.82, 2.24) is 4.72 Å². The van der Waals surface area contributed by atoms with E-state index in [1.807, 2.05) is 4.72 Å². The van der Waals surface area contributed by atoms with Gasteiger partial charge in [-0.3, -0.25) is 0 Å². The normalized spacial score (nSPS) is 15.0. The molecular formula is C16H24F11N2O4S+. The summed E-state index contributed by atoms with van der Waals surface area (Å²) in [6.45, 7) is -0.524. The van der Waals surface area contributed by atoms with Crippen LogP contribution >= 0.6 is 0 Å². The summed E-state index contributed by atoms with van der Waals surface area (Å²) in [6, 6.07) is 0. The Kier molecular flexibility index (Phi) is 10.2. The van der Waals surface area contributed by atoms with Gasteiger partial charge in [0.2, 0.25) is 10.0 Å². The molecule has 0 spiro atoms. The number of aliphatic carboxylic acids is 1. The van der Waals surface area contributed by atoms with E-state index in [0.717, 1.165) is 0 Å². The Morgan fingerprint density at radius 2 is 1.32 bits per heavy atom. The molecule has 0 aromatic heterocycles. The van der Waals surface area contributed by atoms with Crippen LogP contribution in [0.15, 0.2) is 0 Å². The molecule has 18 heteroatoms. The number of sulfonamides is 1. The quantitative estimate of drug-likeness (QED) is 0.197. The number of quaternary nitrogens is 1. The molecule has 0 aromatic rings. The molecule has 0 aliphatic rings. The van der Waals surface area contributed by atoms with Crippen LogP contribution in [0.2, 0.25) is 0 Å². The smallest absolute Gasteiger partial charge is 0.431 e. The van der Waals surface area contributed by atoms with Crippen LogP contribution in [0.1, 0.15) is 25.7 Å². The molecule has 0 saturated heterocycles. The van der Waals surface area contributed by atoms with E-state index in [4.69, 9.17) is 5.11 Å². The Morgan fingerprint density at radius 1 is 0.853 bits per heavy atom. The average Bonchev–Trinajstić information content (AvgIpc) is 2.52. The van der Waals surface area contributed by atoms with Crippen molar-refractivity contribution in [3.8, 4) is 0 Å². The summed E-state index contributed by atoms with van der Waals surface area (Å²) in [5, 5.41) is 8.72. The zero-order valence-corrected chi connectivity index (χ0v) is 18.7. The van der Waals surface area contributed by atoms with Crippen molar-refractivity contribution in [1.29, 1.82) is 0 Å². The summed E-state index contributed by atoms with van der Waals surface area (Å²) >= 11 is 0. The molecule has 0 aliphatic heterocycles. The lowest BCUT2D eigenvalue weighted by Gasteiger charge is -2.33. The minimum atomic E-state index is -6.87. The van der Waals surface area contributed by atoms with Crippen LogP contribution in [0.25, 0.3) is 0 Å². The molecule has 204 valence electrons. The Balaban J connectivity index is 5.00. The van der Waals surface area contributed by atoms with Gasteiger partial charge < -0.3 is 9.59 Å². The van der Waals surface area contributed by atoms with Gasteiger partial charge in [-0.2, -0.15) is 26.3 Å². The second-order valence-corrected chi connectivity index (χ2v) is 10.3. The van der Waals surface area contributed by atoms with Gasteiger partial charge in [-0.1, -0.05) is 0 Å². The monoisotopic (exact) mass is 549 g/mol. The number of likely N-dealkylation sites (N-methyl/N-ethyl adjacent to an activating group) is 1. The first-order chi connectivity index (χ1) is 14.7. The molecular weight excluding hydrogens is 525 g/mol. The molecule has 0 fully saturated rings. The van der Waals surface area contributed by atoms with Crippen LogP contribution in [-0.2, 0) is 14.8 Å². The van der Waals surface area contributed by atoms with Gasteiger partial charge in [0, 0.05) is 19.4 Å². The van der Waals surface area contributed by atoms with Crippen LogP contribution < -0.4 is 4.72 Å². The fourth-order valence-electron chi connectivity index (χ4n) is 2.78. The Hall–Kier alpha value is -1.43. The third-order valence-electron chi connectivity index (χ3n) is 4.48. The van der Waals surface area contributed by atoms with E-state index in [0.29, 0.717) is 0 Å². The summed E-state index contributed by atoms with van der Waals surface area (Å²) in [6.07, 6.45) is -22.2. The first-order valence-corrected chi connectivity index (χ1v) is 11.0. The van der Waals surface area contributed by atoms with Crippen molar-refractivity contribution in [3.63, 3.8) is 0 Å². The van der Waals surface area contributed by atoms with Crippen LogP contribution in [0.3, 0.4) is 0 Å². The fraction of sp³-hybridized carbons (Fsp3) is 0.938. The van der Waals surface area contributed by atoms with Crippen molar-refractivity contribution in [2.45, 2.75) is 55.5 Å². The largest absolute Gasteiger partial charge is 0.477 e. The van der Waals surface area contributed by atoms with Crippen molar-refractivity contribution < 1.29 is 71.1 Å². The maximum atomic E-state index is 13.8. The lowest BCUT2D eigenvalue weighted by Crippen LogP contribution is -2.56. The van der Waals surface area contributed by atoms with Gasteiger partial charge >= 0.3 is 24.0 Å². The Bertz CT molecular complexity index is 782. The highest BCUT2D eigenvalue weighted by molar-refractivity contribution is 7.89. The predicted molar refractivity (Wildman–Crippen MR) is 95.6 cm³/mol. The second kappa shape index (κ2) is 10.7. The molecule has 6 nitrogen and oxygen atoms in total. The van der Waals surface area contributed by atoms with Crippen LogP contribution in [-0.4, -0.2) is 93.3 Å². The number of hydrogen-bond acceptors (Lipinski definition) is 3. The summed E-state index contributed by atoms with van der Waals surface area (Å²) < 4.78 is 168. The van der Waals surface area contributed by atoms with E-state index >= 15 is 0 Å². The molecule has 34 heavy (non-hydrogen) atoms. The predicted octanol–water partition coefficient (Wildman–Crippen LogP) is 3.73. The molecule has 0 bridgehead atoms. The fourth-order valence-corrected chi connectivity index (χ4v) is 3.95. The van der Waals surface area contributed by atoms with E-state index in [1.54, 1.807) is 0 Å². The minimum absolute atomic E-state index is 0.0431. The molecule has 0 rings (SSSR count). The highest BCUT2D eigenvalue weighted by Crippen LogP contribution is 2.52. The number of carboxylic acid groups (broad SMARTS) is 1. The van der Waals surface area contributed by atoms with Crippen LogP contribution in [0, 0.1) is 0 Å². The molecule has 0 amide bonds. The first-order valence-electron chi connectivity index (χ1n) is 9.33. The first kappa shape index (κ1) is 32.6. The zero-order chi connectivity index (χ0) is 27.4. The number of nitrogens with one attached hydrogen (secondary N) is 1. The maximum Gasteiger partial charge on any atom is 0.431 e. The van der Waals surface area contributed by atoms with Crippen molar-refractivity contribution in [3.05, 3.63) is 0 Å². The van der Waals surface area contributed by atoms with Gasteiger partial charge in [0.1, 0.15) is 0 Å². The molecule has 0 heterocycles. The van der Waals surface area contributed by atoms with E-state index in [-0.39, 0.29) is 30.5 Å². The van der Waals surface area contributed by atoms with Gasteiger partial charge in [-0.05, 0) is 0 Å². The minimum Gasteiger partial charge on any atom is -0.477 e. The number of nitrogens with zero attached hydrogens (tertiary/aromatic N) is 1. The highest BCUT2D eigenvalue weighted by Gasteiger charge is 2.75. The number of alkyl halides is 11. The molecule has 2 N–H and O–H groups in total. The van der Waals surface area contributed by atoms with E-state index in [9.17, 15) is 61.5 Å². The molecule has 0 aliphatic carbocycles. The van der Waals surface area contributed by atoms with Crippen LogP contribution in [0.5, 0.6) is 0 Å². The van der Waals surface area contributed by atoms with Gasteiger partial charge in [-0.15, -0.1) is 0 Å². The number of carboxylic acids is 1. The lowest BCUT2D eigenvalue weighted by molar-refractivity contribution is -0.883. The Morgan fingerprint density at radius 3 is 1.74 bits per heavy atom. The van der Waals surface area contributed by atoms with Gasteiger partial charge in [0.05, 0.1) is 39.2 Å². The zero-order valence-electron chi connectivity index (χ0n) is 17.8. The molecule has 0 aromatic carbocycles. The van der Waals surface area contributed by atoms with Crippen molar-refractivity contribution in [2.75, 3.05) is 39.5 Å². The second-order valence-electron chi connectivity index (χ2n) is 8.39. The third-order valence-corrected chi connectivity index (χ3v) is 5.87. The standard InChI is InChI=1S/C16H23F11N2O4S/c1-29(2,8-11(30)31)6-3-5-28-34(32,33)7-4-12(17,18)9-13(19,20)10-14(21,15(22,23)24)16(25,26)27/h28H,3-10H2,1-2H3/p+1. The third kappa shape index (κ3) is 10.9.